The monoisotopic (exact) mass is 561 g/mol. The molecule has 2 N–H and O–H groups in total. The Kier molecular flexibility index (Phi) is 6.33. The second-order valence-corrected chi connectivity index (χ2v) is 9.46. The number of rotatable bonds is 6. The summed E-state index contributed by atoms with van der Waals surface area (Å²) in [6.45, 7) is 0. The largest absolute Gasteiger partial charge is 0.493 e. The van der Waals surface area contributed by atoms with Crippen LogP contribution >= 0.6 is 34.4 Å². The van der Waals surface area contributed by atoms with Crippen LogP contribution in [0.3, 0.4) is 0 Å². The van der Waals surface area contributed by atoms with E-state index in [0.717, 1.165) is 36.0 Å². The summed E-state index contributed by atoms with van der Waals surface area (Å²) in [5, 5.41) is 10.9. The fourth-order valence-electron chi connectivity index (χ4n) is 2.37. The number of amides is 1. The van der Waals surface area contributed by atoms with E-state index in [2.05, 4.69) is 4.99 Å². The minimum absolute atomic E-state index is 0.0558. The van der Waals surface area contributed by atoms with E-state index in [-0.39, 0.29) is 27.2 Å². The third-order valence-electron chi connectivity index (χ3n) is 3.72. The highest BCUT2D eigenvalue weighted by molar-refractivity contribution is 14.1. The van der Waals surface area contributed by atoms with Crippen molar-refractivity contribution in [2.24, 2.45) is 10.7 Å². The third kappa shape index (κ3) is 4.73. The molecular weight excluding hydrogens is 549 g/mol. The second-order valence-electron chi connectivity index (χ2n) is 5.69. The van der Waals surface area contributed by atoms with Crippen LogP contribution in [0, 0.1) is 13.7 Å². The van der Waals surface area contributed by atoms with Crippen molar-refractivity contribution in [1.29, 1.82) is 0 Å². The number of thioether (sulfide) groups is 1. The van der Waals surface area contributed by atoms with Gasteiger partial charge < -0.3 is 14.7 Å². The lowest BCUT2D eigenvalue weighted by molar-refractivity contribution is -0.384. The number of nitrogens with zero attached hydrogens (tertiary/aromatic N) is 2. The fourth-order valence-corrected chi connectivity index (χ4v) is 4.90. The van der Waals surface area contributed by atoms with Crippen molar-refractivity contribution in [1.82, 2.24) is 0 Å². The topological polar surface area (TPSA) is 151 Å². The van der Waals surface area contributed by atoms with Crippen LogP contribution in [-0.4, -0.2) is 31.5 Å². The quantitative estimate of drug-likeness (QED) is 0.185. The maximum absolute atomic E-state index is 12.6. The number of hydrogen-bond donors (Lipinski definition) is 1. The third-order valence-corrected chi connectivity index (χ3v) is 6.57. The number of nitrogens with two attached hydrogens (primary N) is 1. The van der Waals surface area contributed by atoms with Crippen LogP contribution < -0.4 is 14.7 Å². The number of non-ortho nitro benzene ring substituents is 1. The molecule has 0 atom stereocenters. The molecule has 2 aromatic carbocycles. The number of carbonyl (C=O) groups excluding carboxylic acids is 1. The van der Waals surface area contributed by atoms with Gasteiger partial charge in [-0.15, -0.1) is 0 Å². The van der Waals surface area contributed by atoms with Crippen LogP contribution in [-0.2, 0) is 14.9 Å². The minimum Gasteiger partial charge on any atom is -0.493 e. The summed E-state index contributed by atoms with van der Waals surface area (Å²) in [6.07, 6.45) is 1.55. The average Bonchev–Trinajstić information content (AvgIpc) is 3.00. The van der Waals surface area contributed by atoms with E-state index >= 15 is 0 Å². The molecule has 0 bridgehead atoms. The Bertz CT molecular complexity index is 1210. The van der Waals surface area contributed by atoms with Crippen molar-refractivity contribution in [2.45, 2.75) is 4.90 Å². The Morgan fingerprint density at radius 2 is 1.93 bits per heavy atom. The lowest BCUT2D eigenvalue weighted by Crippen LogP contribution is -2.11. The molecule has 2 aromatic rings. The lowest BCUT2D eigenvalue weighted by Gasteiger charge is -2.13. The van der Waals surface area contributed by atoms with Gasteiger partial charge in [-0.25, -0.2) is 0 Å². The smallest absolute Gasteiger partial charge is 0.339 e. The van der Waals surface area contributed by atoms with Gasteiger partial charge >= 0.3 is 10.1 Å². The van der Waals surface area contributed by atoms with Crippen LogP contribution in [0.5, 0.6) is 11.5 Å². The molecule has 0 aromatic heterocycles. The van der Waals surface area contributed by atoms with E-state index in [4.69, 9.17) is 14.7 Å². The van der Waals surface area contributed by atoms with Gasteiger partial charge in [-0.3, -0.25) is 14.9 Å². The van der Waals surface area contributed by atoms with Crippen LogP contribution in [0.2, 0.25) is 0 Å². The van der Waals surface area contributed by atoms with Gasteiger partial charge in [0.1, 0.15) is 4.90 Å². The van der Waals surface area contributed by atoms with Crippen molar-refractivity contribution in [2.75, 3.05) is 7.11 Å². The van der Waals surface area contributed by atoms with Crippen LogP contribution in [0.1, 0.15) is 5.56 Å². The van der Waals surface area contributed by atoms with Crippen LogP contribution in [0.25, 0.3) is 6.08 Å². The van der Waals surface area contributed by atoms with E-state index in [9.17, 15) is 23.3 Å². The Labute approximate surface area is 188 Å². The summed E-state index contributed by atoms with van der Waals surface area (Å²) < 4.78 is 36.1. The number of methoxy groups -OCH3 is 1. The molecule has 0 saturated carbocycles. The summed E-state index contributed by atoms with van der Waals surface area (Å²) in [7, 11) is -2.94. The molecule has 0 aliphatic carbocycles. The molecule has 0 unspecified atom stereocenters. The van der Waals surface area contributed by atoms with Crippen LogP contribution in [0.4, 0.5) is 5.69 Å². The predicted molar refractivity (Wildman–Crippen MR) is 119 cm³/mol. The highest BCUT2D eigenvalue weighted by Crippen LogP contribution is 2.37. The molecular formula is C17H12IN3O7S2. The second kappa shape index (κ2) is 8.61. The Hall–Kier alpha value is -2.65. The number of amidine groups is 1. The molecule has 0 fully saturated rings. The van der Waals surface area contributed by atoms with Crippen molar-refractivity contribution in [3.05, 3.63) is 60.6 Å². The van der Waals surface area contributed by atoms with Crippen molar-refractivity contribution >= 4 is 67.3 Å². The zero-order valence-corrected chi connectivity index (χ0v) is 18.9. The maximum Gasteiger partial charge on any atom is 0.339 e. The van der Waals surface area contributed by atoms with E-state index in [1.54, 1.807) is 12.1 Å². The summed E-state index contributed by atoms with van der Waals surface area (Å²) in [5.74, 6) is -0.407. The van der Waals surface area contributed by atoms with Gasteiger partial charge in [-0.1, -0.05) is 0 Å². The molecule has 10 nitrogen and oxygen atoms in total. The molecule has 156 valence electrons. The highest BCUT2D eigenvalue weighted by atomic mass is 127. The van der Waals surface area contributed by atoms with Crippen molar-refractivity contribution in [3.63, 3.8) is 0 Å². The number of nitro groups is 1. The first kappa shape index (κ1) is 22.0. The van der Waals surface area contributed by atoms with E-state index in [0.29, 0.717) is 14.0 Å². The first-order valence-corrected chi connectivity index (χ1v) is 11.3. The van der Waals surface area contributed by atoms with Gasteiger partial charge in [0.25, 0.3) is 11.6 Å². The SMILES string of the molecule is COc1cc(/C=C2\SC(N)=NC2=O)cc(I)c1OS(=O)(=O)c1ccc([N+](=O)[O-])cc1. The minimum atomic E-state index is -4.28. The van der Waals surface area contributed by atoms with Gasteiger partial charge in [0.15, 0.2) is 16.7 Å². The maximum atomic E-state index is 12.6. The highest BCUT2D eigenvalue weighted by Gasteiger charge is 2.24. The number of nitro benzene ring substituents is 1. The zero-order chi connectivity index (χ0) is 22.1. The number of aliphatic imine (C=N–C) groups is 1. The van der Waals surface area contributed by atoms with Gasteiger partial charge in [0.05, 0.1) is 20.5 Å². The lowest BCUT2D eigenvalue weighted by atomic mass is 10.2. The van der Waals surface area contributed by atoms with E-state index in [1.165, 1.54) is 13.2 Å². The average molecular weight is 561 g/mol. The van der Waals surface area contributed by atoms with Gasteiger partial charge in [-0.2, -0.15) is 13.4 Å². The molecule has 0 radical (unpaired) electrons. The van der Waals surface area contributed by atoms with E-state index in [1.807, 2.05) is 22.6 Å². The molecule has 1 heterocycles. The molecule has 0 saturated heterocycles. The Morgan fingerprint density at radius 1 is 1.27 bits per heavy atom. The summed E-state index contributed by atoms with van der Waals surface area (Å²) in [5.41, 5.74) is 5.84. The number of ether oxygens (including phenoxy) is 1. The summed E-state index contributed by atoms with van der Waals surface area (Å²) in [4.78, 5) is 25.6. The number of hydrogen-bond acceptors (Lipinski definition) is 9. The standard InChI is InChI=1S/C17H12IN3O7S2/c1-27-13-7-9(8-14-16(22)20-17(19)29-14)6-12(18)15(13)28-30(25,26)11-4-2-10(3-5-11)21(23)24/h2-8H,1H3,(H2,19,20,22)/b14-8-. The molecule has 1 amide bonds. The first-order chi connectivity index (χ1) is 14.1. The van der Waals surface area contributed by atoms with Gasteiger partial charge in [0.2, 0.25) is 0 Å². The summed E-state index contributed by atoms with van der Waals surface area (Å²) >= 11 is 2.89. The van der Waals surface area contributed by atoms with Gasteiger partial charge in [-0.05, 0) is 70.3 Å². The molecule has 0 spiro atoms. The normalized spacial score (nSPS) is 15.2. The van der Waals surface area contributed by atoms with E-state index < -0.39 is 20.9 Å². The Morgan fingerprint density at radius 3 is 2.47 bits per heavy atom. The van der Waals surface area contributed by atoms with Gasteiger partial charge in [0, 0.05) is 12.1 Å². The number of halogens is 1. The molecule has 1 aliphatic rings. The summed E-state index contributed by atoms with van der Waals surface area (Å²) in [6, 6.07) is 7.39. The first-order valence-electron chi connectivity index (χ1n) is 7.95. The predicted octanol–water partition coefficient (Wildman–Crippen LogP) is 2.90. The zero-order valence-electron chi connectivity index (χ0n) is 15.1. The molecule has 30 heavy (non-hydrogen) atoms. The van der Waals surface area contributed by atoms with Crippen molar-refractivity contribution in [3.8, 4) is 11.5 Å². The molecule has 1 aliphatic heterocycles. The van der Waals surface area contributed by atoms with Crippen LogP contribution in [0.15, 0.2) is 51.2 Å². The Balaban J connectivity index is 1.93. The van der Waals surface area contributed by atoms with Crippen molar-refractivity contribution < 1.29 is 27.1 Å². The number of benzene rings is 2. The molecule has 3 rings (SSSR count). The fraction of sp³-hybridized carbons (Fsp3) is 0.0588. The number of carbonyl (C=O) groups is 1. The molecule has 13 heteroatoms.